The molecule has 0 bridgehead atoms. The molecule has 2 atom stereocenters. The van der Waals surface area contributed by atoms with Gasteiger partial charge in [-0.15, -0.1) is 0 Å². The van der Waals surface area contributed by atoms with E-state index in [0.717, 1.165) is 30.5 Å². The third-order valence-electron chi connectivity index (χ3n) is 3.87. The normalized spacial score (nSPS) is 23.4. The molecule has 1 fully saturated rings. The van der Waals surface area contributed by atoms with Gasteiger partial charge in [-0.2, -0.15) is 0 Å². The molecule has 1 amide bonds. The molecule has 1 aliphatic rings. The van der Waals surface area contributed by atoms with Gasteiger partial charge in [-0.3, -0.25) is 4.79 Å². The summed E-state index contributed by atoms with van der Waals surface area (Å²) in [5, 5.41) is 7.29. The Bertz CT molecular complexity index is 591. The van der Waals surface area contributed by atoms with Crippen molar-refractivity contribution in [3.63, 3.8) is 0 Å². The van der Waals surface area contributed by atoms with E-state index in [1.807, 2.05) is 24.3 Å². The molecule has 4 nitrogen and oxygen atoms in total. The Morgan fingerprint density at radius 1 is 1.42 bits per heavy atom. The Hall–Kier alpha value is -1.81. The number of amides is 1. The first-order chi connectivity index (χ1) is 9.25. The highest BCUT2D eigenvalue weighted by Crippen LogP contribution is 2.21. The molecule has 0 spiro atoms. The Balaban J connectivity index is 1.80. The summed E-state index contributed by atoms with van der Waals surface area (Å²) in [6.45, 7) is 4.05. The third-order valence-corrected chi connectivity index (χ3v) is 3.87. The fourth-order valence-corrected chi connectivity index (χ4v) is 2.58. The summed E-state index contributed by atoms with van der Waals surface area (Å²) in [4.78, 5) is 12.3. The van der Waals surface area contributed by atoms with Crippen molar-refractivity contribution in [3.8, 4) is 0 Å². The van der Waals surface area contributed by atoms with Gasteiger partial charge in [0.05, 0.1) is 5.56 Å². The number of benzene rings is 1. The number of fused-ring (bicyclic) bond motifs is 1. The van der Waals surface area contributed by atoms with E-state index in [4.69, 9.17) is 4.42 Å². The Morgan fingerprint density at radius 3 is 3.11 bits per heavy atom. The average molecular weight is 258 g/mol. The van der Waals surface area contributed by atoms with Crippen molar-refractivity contribution < 1.29 is 9.21 Å². The van der Waals surface area contributed by atoms with E-state index in [0.29, 0.717) is 11.5 Å². The number of para-hydroxylation sites is 1. The highest BCUT2D eigenvalue weighted by atomic mass is 16.3. The third kappa shape index (κ3) is 2.36. The summed E-state index contributed by atoms with van der Waals surface area (Å²) in [5.41, 5.74) is 1.37. The fraction of sp³-hybridized carbons (Fsp3) is 0.400. The standard InChI is InChI=1S/C15H18N2O2/c1-10-6-7-16-8-13(10)17-15(18)12-9-19-14-5-3-2-4-11(12)14/h2-5,9-10,13,16H,6-8H2,1H3,(H,17,18). The number of rotatable bonds is 2. The van der Waals surface area contributed by atoms with E-state index in [1.165, 1.54) is 0 Å². The number of hydrogen-bond donors (Lipinski definition) is 2. The largest absolute Gasteiger partial charge is 0.463 e. The summed E-state index contributed by atoms with van der Waals surface area (Å²) in [6, 6.07) is 7.79. The van der Waals surface area contributed by atoms with Gasteiger partial charge in [-0.05, 0) is 24.9 Å². The van der Waals surface area contributed by atoms with Gasteiger partial charge in [0.15, 0.2) is 0 Å². The van der Waals surface area contributed by atoms with Crippen LogP contribution in [-0.4, -0.2) is 25.0 Å². The van der Waals surface area contributed by atoms with Crippen LogP contribution in [0.5, 0.6) is 0 Å². The minimum absolute atomic E-state index is 0.0505. The minimum Gasteiger partial charge on any atom is -0.463 e. The highest BCUT2D eigenvalue weighted by Gasteiger charge is 2.24. The smallest absolute Gasteiger partial charge is 0.255 e. The van der Waals surface area contributed by atoms with Gasteiger partial charge in [0.25, 0.3) is 5.91 Å². The first kappa shape index (κ1) is 12.2. The molecular formula is C15H18N2O2. The highest BCUT2D eigenvalue weighted by molar-refractivity contribution is 6.06. The molecule has 19 heavy (non-hydrogen) atoms. The fourth-order valence-electron chi connectivity index (χ4n) is 2.58. The lowest BCUT2D eigenvalue weighted by Crippen LogP contribution is -2.50. The molecule has 2 aromatic rings. The molecule has 0 radical (unpaired) electrons. The van der Waals surface area contributed by atoms with E-state index < -0.39 is 0 Å². The minimum atomic E-state index is -0.0505. The number of furan rings is 1. The lowest BCUT2D eigenvalue weighted by atomic mass is 9.94. The van der Waals surface area contributed by atoms with Gasteiger partial charge in [0.2, 0.25) is 0 Å². The molecule has 0 aliphatic carbocycles. The molecule has 4 heteroatoms. The predicted octanol–water partition coefficient (Wildman–Crippen LogP) is 2.16. The van der Waals surface area contributed by atoms with Crippen LogP contribution in [0.1, 0.15) is 23.7 Å². The number of carbonyl (C=O) groups excluding carboxylic acids is 1. The molecule has 0 saturated carbocycles. The number of carbonyl (C=O) groups is 1. The second kappa shape index (κ2) is 5.05. The lowest BCUT2D eigenvalue weighted by Gasteiger charge is -2.30. The molecule has 3 rings (SSSR count). The quantitative estimate of drug-likeness (QED) is 0.868. The second-order valence-electron chi connectivity index (χ2n) is 5.20. The second-order valence-corrected chi connectivity index (χ2v) is 5.20. The van der Waals surface area contributed by atoms with Crippen LogP contribution in [0.25, 0.3) is 11.0 Å². The number of nitrogens with one attached hydrogen (secondary N) is 2. The van der Waals surface area contributed by atoms with Crippen LogP contribution in [0, 0.1) is 5.92 Å². The summed E-state index contributed by atoms with van der Waals surface area (Å²) in [7, 11) is 0. The van der Waals surface area contributed by atoms with Crippen molar-refractivity contribution in [2.45, 2.75) is 19.4 Å². The molecular weight excluding hydrogens is 240 g/mol. The van der Waals surface area contributed by atoms with E-state index in [2.05, 4.69) is 17.6 Å². The van der Waals surface area contributed by atoms with Gasteiger partial charge >= 0.3 is 0 Å². The maximum absolute atomic E-state index is 12.3. The molecule has 2 heterocycles. The van der Waals surface area contributed by atoms with Crippen molar-refractivity contribution >= 4 is 16.9 Å². The van der Waals surface area contributed by atoms with Gasteiger partial charge in [-0.25, -0.2) is 0 Å². The maximum Gasteiger partial charge on any atom is 0.255 e. The summed E-state index contributed by atoms with van der Waals surface area (Å²) >= 11 is 0. The van der Waals surface area contributed by atoms with E-state index in [9.17, 15) is 4.79 Å². The topological polar surface area (TPSA) is 54.3 Å². The Kier molecular flexibility index (Phi) is 3.25. The van der Waals surface area contributed by atoms with Crippen LogP contribution < -0.4 is 10.6 Å². The van der Waals surface area contributed by atoms with Crippen molar-refractivity contribution in [3.05, 3.63) is 36.1 Å². The average Bonchev–Trinajstić information content (AvgIpc) is 2.85. The van der Waals surface area contributed by atoms with Gasteiger partial charge < -0.3 is 15.1 Å². The van der Waals surface area contributed by atoms with Gasteiger partial charge in [0, 0.05) is 18.0 Å². The van der Waals surface area contributed by atoms with Crippen molar-refractivity contribution in [2.75, 3.05) is 13.1 Å². The summed E-state index contributed by atoms with van der Waals surface area (Å²) < 4.78 is 5.41. The molecule has 2 N–H and O–H groups in total. The molecule has 1 aliphatic heterocycles. The Morgan fingerprint density at radius 2 is 2.26 bits per heavy atom. The number of piperidine rings is 1. The number of hydrogen-bond acceptors (Lipinski definition) is 3. The molecule has 1 saturated heterocycles. The molecule has 100 valence electrons. The molecule has 1 aromatic carbocycles. The van der Waals surface area contributed by atoms with Crippen LogP contribution in [0.3, 0.4) is 0 Å². The zero-order chi connectivity index (χ0) is 13.2. The Labute approximate surface area is 112 Å². The van der Waals surface area contributed by atoms with Gasteiger partial charge in [-0.1, -0.05) is 25.1 Å². The maximum atomic E-state index is 12.3. The van der Waals surface area contributed by atoms with Crippen LogP contribution in [0.15, 0.2) is 34.9 Å². The van der Waals surface area contributed by atoms with Crippen LogP contribution in [0.2, 0.25) is 0 Å². The van der Waals surface area contributed by atoms with E-state index >= 15 is 0 Å². The molecule has 1 aromatic heterocycles. The lowest BCUT2D eigenvalue weighted by molar-refractivity contribution is 0.0916. The first-order valence-corrected chi connectivity index (χ1v) is 6.73. The van der Waals surface area contributed by atoms with Crippen LogP contribution >= 0.6 is 0 Å². The van der Waals surface area contributed by atoms with Crippen LogP contribution in [-0.2, 0) is 0 Å². The predicted molar refractivity (Wildman–Crippen MR) is 74.1 cm³/mol. The van der Waals surface area contributed by atoms with E-state index in [1.54, 1.807) is 6.26 Å². The summed E-state index contributed by atoms with van der Waals surface area (Å²) in [6.07, 6.45) is 2.64. The van der Waals surface area contributed by atoms with E-state index in [-0.39, 0.29) is 11.9 Å². The summed E-state index contributed by atoms with van der Waals surface area (Å²) in [5.74, 6) is 0.453. The van der Waals surface area contributed by atoms with Crippen LogP contribution in [0.4, 0.5) is 0 Å². The molecule has 2 unspecified atom stereocenters. The first-order valence-electron chi connectivity index (χ1n) is 6.73. The van der Waals surface area contributed by atoms with Crippen molar-refractivity contribution in [1.29, 1.82) is 0 Å². The van der Waals surface area contributed by atoms with Gasteiger partial charge in [0.1, 0.15) is 11.8 Å². The zero-order valence-electron chi connectivity index (χ0n) is 11.0. The van der Waals surface area contributed by atoms with Crippen molar-refractivity contribution in [1.82, 2.24) is 10.6 Å². The monoisotopic (exact) mass is 258 g/mol. The zero-order valence-corrected chi connectivity index (χ0v) is 11.0. The SMILES string of the molecule is CC1CCNCC1NC(=O)c1coc2ccccc12. The van der Waals surface area contributed by atoms with Crippen molar-refractivity contribution in [2.24, 2.45) is 5.92 Å².